The molecule has 2 aromatic heterocycles. The lowest BCUT2D eigenvalue weighted by Crippen LogP contribution is -2.52. The second-order valence-electron chi connectivity index (χ2n) is 9.79. The average Bonchev–Trinajstić information content (AvgIpc) is 3.19. The molecule has 0 N–H and O–H groups in total. The fourth-order valence-corrected chi connectivity index (χ4v) is 7.20. The maximum Gasteiger partial charge on any atom is 0.246 e. The number of sulfonamides is 1. The lowest BCUT2D eigenvalue weighted by Gasteiger charge is -2.40. The quantitative estimate of drug-likeness (QED) is 0.535. The van der Waals surface area contributed by atoms with Crippen LogP contribution in [0.2, 0.25) is 0 Å². The Morgan fingerprint density at radius 3 is 2.14 bits per heavy atom. The zero-order valence-corrected chi connectivity index (χ0v) is 21.6. The first kappa shape index (κ1) is 24.1. The molecule has 3 aromatic rings. The van der Waals surface area contributed by atoms with E-state index in [1.165, 1.54) is 37.7 Å². The van der Waals surface area contributed by atoms with Crippen LogP contribution in [0.15, 0.2) is 41.3 Å². The molecule has 0 atom stereocenters. The molecule has 0 bridgehead atoms. The van der Waals surface area contributed by atoms with Crippen LogP contribution in [0.1, 0.15) is 49.1 Å². The van der Waals surface area contributed by atoms with Gasteiger partial charge in [-0.2, -0.15) is 9.40 Å². The molecule has 1 saturated heterocycles. The zero-order chi connectivity index (χ0) is 24.6. The SMILES string of the molecule is Cc1ccc(-c2ccc(-n3nc(C)c(S(=O)(=O)N4CCN(C5CCCCC5)CC4)c3C)nn2)cc1. The molecule has 1 aliphatic carbocycles. The minimum atomic E-state index is -3.64. The van der Waals surface area contributed by atoms with Gasteiger partial charge in [-0.3, -0.25) is 4.90 Å². The van der Waals surface area contributed by atoms with Gasteiger partial charge >= 0.3 is 0 Å². The van der Waals surface area contributed by atoms with Gasteiger partial charge in [-0.15, -0.1) is 10.2 Å². The lowest BCUT2D eigenvalue weighted by atomic mass is 9.94. The average molecular weight is 495 g/mol. The predicted molar refractivity (Wildman–Crippen MR) is 136 cm³/mol. The van der Waals surface area contributed by atoms with E-state index in [2.05, 4.69) is 20.2 Å². The van der Waals surface area contributed by atoms with E-state index in [-0.39, 0.29) is 4.90 Å². The maximum atomic E-state index is 13.6. The maximum absolute atomic E-state index is 13.6. The van der Waals surface area contributed by atoms with Crippen molar-refractivity contribution in [3.63, 3.8) is 0 Å². The van der Waals surface area contributed by atoms with Crippen LogP contribution in [-0.2, 0) is 10.0 Å². The van der Waals surface area contributed by atoms with Gasteiger partial charge in [-0.25, -0.2) is 13.1 Å². The van der Waals surface area contributed by atoms with E-state index in [0.717, 1.165) is 24.3 Å². The van der Waals surface area contributed by atoms with Crippen molar-refractivity contribution >= 4 is 10.0 Å². The van der Waals surface area contributed by atoms with Crippen LogP contribution in [0.4, 0.5) is 0 Å². The van der Waals surface area contributed by atoms with E-state index < -0.39 is 10.0 Å². The number of rotatable bonds is 5. The summed E-state index contributed by atoms with van der Waals surface area (Å²) in [6.45, 7) is 8.22. The normalized spacial score (nSPS) is 18.7. The van der Waals surface area contributed by atoms with Gasteiger partial charge in [0, 0.05) is 37.8 Å². The summed E-state index contributed by atoms with van der Waals surface area (Å²) in [6, 6.07) is 12.4. The molecule has 1 saturated carbocycles. The molecule has 35 heavy (non-hydrogen) atoms. The standard InChI is InChI=1S/C26H34N6O2S/c1-19-9-11-22(12-10-19)24-13-14-25(28-27-24)32-21(3)26(20(2)29-32)35(33,34)31-17-15-30(16-18-31)23-7-5-4-6-8-23/h9-14,23H,4-8,15-18H2,1-3H3. The summed E-state index contributed by atoms with van der Waals surface area (Å²) in [5.41, 5.74) is 3.99. The summed E-state index contributed by atoms with van der Waals surface area (Å²) in [7, 11) is -3.64. The summed E-state index contributed by atoms with van der Waals surface area (Å²) in [5.74, 6) is 0.505. The van der Waals surface area contributed by atoms with E-state index in [1.54, 1.807) is 22.8 Å². The highest BCUT2D eigenvalue weighted by Crippen LogP contribution is 2.28. The second kappa shape index (κ2) is 9.79. The Morgan fingerprint density at radius 2 is 1.51 bits per heavy atom. The molecular weight excluding hydrogens is 460 g/mol. The van der Waals surface area contributed by atoms with E-state index in [9.17, 15) is 8.42 Å². The number of piperazine rings is 1. The van der Waals surface area contributed by atoms with Crippen LogP contribution in [0.5, 0.6) is 0 Å². The molecule has 3 heterocycles. The molecule has 8 nitrogen and oxygen atoms in total. The Bertz CT molecular complexity index is 1270. The van der Waals surface area contributed by atoms with Gasteiger partial charge in [-0.1, -0.05) is 49.1 Å². The van der Waals surface area contributed by atoms with Crippen LogP contribution in [0.25, 0.3) is 17.1 Å². The number of aryl methyl sites for hydroxylation is 2. The van der Waals surface area contributed by atoms with Crippen molar-refractivity contribution in [1.82, 2.24) is 29.2 Å². The highest BCUT2D eigenvalue weighted by molar-refractivity contribution is 7.89. The summed E-state index contributed by atoms with van der Waals surface area (Å²) in [5, 5.41) is 13.3. The Kier molecular flexibility index (Phi) is 6.74. The van der Waals surface area contributed by atoms with Gasteiger partial charge in [0.25, 0.3) is 0 Å². The van der Waals surface area contributed by atoms with Crippen molar-refractivity contribution in [2.45, 2.75) is 63.8 Å². The highest BCUT2D eigenvalue weighted by Gasteiger charge is 2.35. The van der Waals surface area contributed by atoms with Gasteiger partial charge < -0.3 is 0 Å². The Balaban J connectivity index is 1.35. The predicted octanol–water partition coefficient (Wildman–Crippen LogP) is 3.89. The Hall–Kier alpha value is -2.62. The van der Waals surface area contributed by atoms with Crippen molar-refractivity contribution in [3.8, 4) is 17.1 Å². The molecule has 1 aromatic carbocycles. The smallest absolute Gasteiger partial charge is 0.246 e. The largest absolute Gasteiger partial charge is 0.298 e. The summed E-state index contributed by atoms with van der Waals surface area (Å²) in [6.07, 6.45) is 6.38. The third-order valence-corrected chi connectivity index (χ3v) is 9.55. The molecule has 2 aliphatic rings. The van der Waals surface area contributed by atoms with Crippen LogP contribution < -0.4 is 0 Å². The minimum Gasteiger partial charge on any atom is -0.298 e. The van der Waals surface area contributed by atoms with Crippen molar-refractivity contribution in [2.24, 2.45) is 0 Å². The van der Waals surface area contributed by atoms with Crippen molar-refractivity contribution < 1.29 is 8.42 Å². The van der Waals surface area contributed by atoms with E-state index in [4.69, 9.17) is 0 Å². The molecule has 0 amide bonds. The van der Waals surface area contributed by atoms with Crippen molar-refractivity contribution in [3.05, 3.63) is 53.3 Å². The molecule has 0 unspecified atom stereocenters. The molecule has 0 radical (unpaired) electrons. The first-order valence-electron chi connectivity index (χ1n) is 12.6. The van der Waals surface area contributed by atoms with Crippen LogP contribution >= 0.6 is 0 Å². The minimum absolute atomic E-state index is 0.285. The van der Waals surface area contributed by atoms with Crippen molar-refractivity contribution in [2.75, 3.05) is 26.2 Å². The van der Waals surface area contributed by atoms with E-state index in [1.807, 2.05) is 43.3 Å². The van der Waals surface area contributed by atoms with Crippen LogP contribution in [0, 0.1) is 20.8 Å². The topological polar surface area (TPSA) is 84.2 Å². The molecule has 0 spiro atoms. The molecule has 1 aliphatic heterocycles. The van der Waals surface area contributed by atoms with Gasteiger partial charge in [-0.05, 0) is 45.7 Å². The fraction of sp³-hybridized carbons (Fsp3) is 0.500. The summed E-state index contributed by atoms with van der Waals surface area (Å²) >= 11 is 0. The number of aromatic nitrogens is 4. The second-order valence-corrected chi connectivity index (χ2v) is 11.7. The van der Waals surface area contributed by atoms with Gasteiger partial charge in [0.2, 0.25) is 10.0 Å². The Morgan fingerprint density at radius 1 is 0.829 bits per heavy atom. The monoisotopic (exact) mass is 494 g/mol. The van der Waals surface area contributed by atoms with Gasteiger partial charge in [0.05, 0.1) is 17.1 Å². The molecular formula is C26H34N6O2S. The lowest BCUT2D eigenvalue weighted by molar-refractivity contribution is 0.111. The number of hydrogen-bond acceptors (Lipinski definition) is 6. The van der Waals surface area contributed by atoms with E-state index >= 15 is 0 Å². The van der Waals surface area contributed by atoms with Gasteiger partial charge in [0.1, 0.15) is 4.90 Å². The third kappa shape index (κ3) is 4.77. The van der Waals surface area contributed by atoms with Crippen molar-refractivity contribution in [1.29, 1.82) is 0 Å². The third-order valence-electron chi connectivity index (χ3n) is 7.40. The summed E-state index contributed by atoms with van der Waals surface area (Å²) in [4.78, 5) is 2.77. The number of benzene rings is 1. The first-order valence-corrected chi connectivity index (χ1v) is 14.0. The Labute approximate surface area is 208 Å². The zero-order valence-electron chi connectivity index (χ0n) is 20.8. The van der Waals surface area contributed by atoms with Crippen LogP contribution in [-0.4, -0.2) is 69.8 Å². The molecule has 9 heteroatoms. The van der Waals surface area contributed by atoms with E-state index in [0.29, 0.717) is 36.3 Å². The van der Waals surface area contributed by atoms with Crippen LogP contribution in [0.3, 0.4) is 0 Å². The molecule has 2 fully saturated rings. The molecule has 5 rings (SSSR count). The van der Waals surface area contributed by atoms with Gasteiger partial charge in [0.15, 0.2) is 5.82 Å². The fourth-order valence-electron chi connectivity index (χ4n) is 5.43. The first-order chi connectivity index (χ1) is 16.8. The summed E-state index contributed by atoms with van der Waals surface area (Å²) < 4.78 is 30.5. The molecule has 186 valence electrons. The highest BCUT2D eigenvalue weighted by atomic mass is 32.2. The number of nitrogens with zero attached hydrogens (tertiary/aromatic N) is 6. The number of hydrogen-bond donors (Lipinski definition) is 0.